The number of nitrogens with zero attached hydrogens (tertiary/aromatic N) is 1. The first-order valence-electron chi connectivity index (χ1n) is 7.72. The Hall–Kier alpha value is -3.12. The van der Waals surface area contributed by atoms with Crippen LogP contribution in [-0.2, 0) is 0 Å². The second-order valence-electron chi connectivity index (χ2n) is 5.81. The molecule has 0 saturated carbocycles. The third-order valence-corrected chi connectivity index (χ3v) is 3.96. The molecule has 1 heterocycles. The molecular weight excluding hydrogens is 356 g/mol. The molecule has 0 aliphatic carbocycles. The first-order chi connectivity index (χ1) is 12.4. The molecule has 0 radical (unpaired) electrons. The topological polar surface area (TPSA) is 79.6 Å². The van der Waals surface area contributed by atoms with E-state index in [0.717, 1.165) is 6.07 Å². The number of carbonyl (C=O) groups excluding carboxylic acids is 2. The van der Waals surface area contributed by atoms with Crippen molar-refractivity contribution < 1.29 is 14.0 Å². The summed E-state index contributed by atoms with van der Waals surface area (Å²) in [4.78, 5) is 38.4. The minimum atomic E-state index is -0.650. The van der Waals surface area contributed by atoms with Crippen LogP contribution in [0.4, 0.5) is 5.69 Å². The largest absolute Gasteiger partial charge is 0.451 e. The van der Waals surface area contributed by atoms with Crippen molar-refractivity contribution in [2.24, 2.45) is 0 Å². The molecule has 3 aromatic rings. The van der Waals surface area contributed by atoms with Gasteiger partial charge >= 0.3 is 0 Å². The molecule has 132 valence electrons. The SMILES string of the molecule is CN(C)C(=O)c1ccc(Cl)cc1NC(=O)c1cc(=O)c2ccccc2o1. The average Bonchev–Trinajstić information content (AvgIpc) is 2.61. The predicted octanol–water partition coefficient (Wildman–Crippen LogP) is 3.40. The van der Waals surface area contributed by atoms with Gasteiger partial charge in [-0.1, -0.05) is 23.7 Å². The molecule has 0 atom stereocenters. The van der Waals surface area contributed by atoms with Crippen LogP contribution in [-0.4, -0.2) is 30.8 Å². The lowest BCUT2D eigenvalue weighted by Crippen LogP contribution is -2.24. The molecular formula is C19H15ClN2O4. The van der Waals surface area contributed by atoms with Gasteiger partial charge in [-0.05, 0) is 30.3 Å². The van der Waals surface area contributed by atoms with E-state index in [1.165, 1.54) is 17.0 Å². The molecule has 0 bridgehead atoms. The van der Waals surface area contributed by atoms with Crippen LogP contribution in [0.15, 0.2) is 57.7 Å². The number of amides is 2. The van der Waals surface area contributed by atoms with E-state index >= 15 is 0 Å². The summed E-state index contributed by atoms with van der Waals surface area (Å²) in [5.41, 5.74) is 0.487. The molecule has 0 spiro atoms. The Morgan fingerprint density at radius 2 is 1.81 bits per heavy atom. The van der Waals surface area contributed by atoms with Crippen LogP contribution >= 0.6 is 11.6 Å². The second kappa shape index (κ2) is 7.01. The third-order valence-electron chi connectivity index (χ3n) is 3.72. The van der Waals surface area contributed by atoms with E-state index in [1.807, 2.05) is 0 Å². The predicted molar refractivity (Wildman–Crippen MR) is 99.9 cm³/mol. The molecule has 2 amide bonds. The zero-order valence-corrected chi connectivity index (χ0v) is 14.8. The van der Waals surface area contributed by atoms with Gasteiger partial charge in [0.15, 0.2) is 11.2 Å². The van der Waals surface area contributed by atoms with E-state index in [4.69, 9.17) is 16.0 Å². The lowest BCUT2D eigenvalue weighted by molar-refractivity contribution is 0.0828. The first-order valence-corrected chi connectivity index (χ1v) is 8.10. The van der Waals surface area contributed by atoms with Gasteiger partial charge in [0.05, 0.1) is 16.6 Å². The van der Waals surface area contributed by atoms with Gasteiger partial charge in [-0.25, -0.2) is 0 Å². The molecule has 0 aliphatic rings. The normalized spacial score (nSPS) is 10.6. The Kier molecular flexibility index (Phi) is 4.77. The summed E-state index contributed by atoms with van der Waals surface area (Å²) in [6.45, 7) is 0. The number of nitrogens with one attached hydrogen (secondary N) is 1. The molecule has 2 aromatic carbocycles. The highest BCUT2D eigenvalue weighted by Gasteiger charge is 2.18. The lowest BCUT2D eigenvalue weighted by atomic mass is 10.1. The summed E-state index contributed by atoms with van der Waals surface area (Å²) in [6.07, 6.45) is 0. The molecule has 0 saturated heterocycles. The minimum absolute atomic E-state index is 0.156. The summed E-state index contributed by atoms with van der Waals surface area (Å²) in [5.74, 6) is -1.10. The number of benzene rings is 2. The summed E-state index contributed by atoms with van der Waals surface area (Å²) in [5, 5.41) is 3.33. The lowest BCUT2D eigenvalue weighted by Gasteiger charge is -2.15. The van der Waals surface area contributed by atoms with Crippen molar-refractivity contribution in [2.45, 2.75) is 0 Å². The quantitative estimate of drug-likeness (QED) is 0.766. The highest BCUT2D eigenvalue weighted by molar-refractivity contribution is 6.31. The van der Waals surface area contributed by atoms with Gasteiger partial charge in [-0.2, -0.15) is 0 Å². The van der Waals surface area contributed by atoms with E-state index in [-0.39, 0.29) is 28.3 Å². The van der Waals surface area contributed by atoms with Gasteiger partial charge in [0, 0.05) is 25.2 Å². The first kappa shape index (κ1) is 17.7. The van der Waals surface area contributed by atoms with Crippen molar-refractivity contribution in [2.75, 3.05) is 19.4 Å². The van der Waals surface area contributed by atoms with Crippen LogP contribution in [0.25, 0.3) is 11.0 Å². The van der Waals surface area contributed by atoms with Gasteiger partial charge < -0.3 is 14.6 Å². The molecule has 26 heavy (non-hydrogen) atoms. The van der Waals surface area contributed by atoms with Gasteiger partial charge in [0.1, 0.15) is 5.58 Å². The zero-order chi connectivity index (χ0) is 18.8. The summed E-state index contributed by atoms with van der Waals surface area (Å²) < 4.78 is 5.51. The number of rotatable bonds is 3. The van der Waals surface area contributed by atoms with Crippen LogP contribution < -0.4 is 10.7 Å². The number of para-hydroxylation sites is 1. The molecule has 1 N–H and O–H groups in total. The molecule has 6 nitrogen and oxygen atoms in total. The monoisotopic (exact) mass is 370 g/mol. The fraction of sp³-hybridized carbons (Fsp3) is 0.105. The molecule has 1 aromatic heterocycles. The molecule has 0 fully saturated rings. The van der Waals surface area contributed by atoms with Crippen molar-refractivity contribution in [3.8, 4) is 0 Å². The molecule has 7 heteroatoms. The Morgan fingerprint density at radius 1 is 1.08 bits per heavy atom. The number of anilines is 1. The molecule has 3 rings (SSSR count). The Balaban J connectivity index is 2.00. The van der Waals surface area contributed by atoms with Crippen molar-refractivity contribution in [3.05, 3.63) is 75.1 Å². The van der Waals surface area contributed by atoms with Gasteiger partial charge in [0.25, 0.3) is 11.8 Å². The minimum Gasteiger partial charge on any atom is -0.451 e. The third kappa shape index (κ3) is 3.45. The van der Waals surface area contributed by atoms with E-state index in [2.05, 4.69) is 5.32 Å². The van der Waals surface area contributed by atoms with E-state index in [1.54, 1.807) is 44.4 Å². The Morgan fingerprint density at radius 3 is 2.54 bits per heavy atom. The van der Waals surface area contributed by atoms with Crippen molar-refractivity contribution >= 4 is 40.1 Å². The number of fused-ring (bicyclic) bond motifs is 1. The average molecular weight is 371 g/mol. The van der Waals surface area contributed by atoms with Crippen molar-refractivity contribution in [1.82, 2.24) is 4.90 Å². The van der Waals surface area contributed by atoms with E-state index in [0.29, 0.717) is 16.0 Å². The van der Waals surface area contributed by atoms with Gasteiger partial charge in [0.2, 0.25) is 0 Å². The second-order valence-corrected chi connectivity index (χ2v) is 6.25. The maximum atomic E-state index is 12.6. The summed E-state index contributed by atoms with van der Waals surface area (Å²) >= 11 is 5.98. The Bertz CT molecular complexity index is 1070. The zero-order valence-electron chi connectivity index (χ0n) is 14.1. The van der Waals surface area contributed by atoms with Crippen LogP contribution in [0.5, 0.6) is 0 Å². The van der Waals surface area contributed by atoms with Crippen molar-refractivity contribution in [1.29, 1.82) is 0 Å². The number of hydrogen-bond acceptors (Lipinski definition) is 4. The van der Waals surface area contributed by atoms with Gasteiger partial charge in [-0.3, -0.25) is 14.4 Å². The summed E-state index contributed by atoms with van der Waals surface area (Å²) in [7, 11) is 3.20. The maximum Gasteiger partial charge on any atom is 0.291 e. The highest BCUT2D eigenvalue weighted by Crippen LogP contribution is 2.23. The van der Waals surface area contributed by atoms with Crippen LogP contribution in [0.1, 0.15) is 20.9 Å². The van der Waals surface area contributed by atoms with Gasteiger partial charge in [-0.15, -0.1) is 0 Å². The smallest absolute Gasteiger partial charge is 0.291 e. The fourth-order valence-corrected chi connectivity index (χ4v) is 2.62. The Labute approximate surface area is 154 Å². The van der Waals surface area contributed by atoms with Crippen molar-refractivity contribution in [3.63, 3.8) is 0 Å². The summed E-state index contributed by atoms with van der Waals surface area (Å²) in [6, 6.07) is 12.3. The standard InChI is InChI=1S/C19H15ClN2O4/c1-22(2)19(25)12-8-7-11(20)9-14(12)21-18(24)17-10-15(23)13-5-3-4-6-16(13)26-17/h3-10H,1-2H3,(H,21,24). The van der Waals surface area contributed by atoms with Crippen LogP contribution in [0, 0.1) is 0 Å². The number of carbonyl (C=O) groups is 2. The fourth-order valence-electron chi connectivity index (χ4n) is 2.45. The van der Waals surface area contributed by atoms with Crippen LogP contribution in [0.3, 0.4) is 0 Å². The van der Waals surface area contributed by atoms with Crippen LogP contribution in [0.2, 0.25) is 5.02 Å². The maximum absolute atomic E-state index is 12.6. The number of hydrogen-bond donors (Lipinski definition) is 1. The van der Waals surface area contributed by atoms with E-state index in [9.17, 15) is 14.4 Å². The molecule has 0 aliphatic heterocycles. The highest BCUT2D eigenvalue weighted by atomic mass is 35.5. The van der Waals surface area contributed by atoms with E-state index < -0.39 is 5.91 Å². The number of halogens is 1. The molecule has 0 unspecified atom stereocenters.